The number of carbonyl (C=O) groups excluding carboxylic acids is 1. The Kier molecular flexibility index (Phi) is 5.93. The Morgan fingerprint density at radius 2 is 2.04 bits per heavy atom. The molecule has 1 N–H and O–H groups in total. The Hall–Kier alpha value is -1.36. The molecule has 126 valence electrons. The highest BCUT2D eigenvalue weighted by molar-refractivity contribution is 9.10. The summed E-state index contributed by atoms with van der Waals surface area (Å²) in [5.41, 5.74) is 2.07. The highest BCUT2D eigenvalue weighted by Gasteiger charge is 2.25. The molecule has 0 saturated carbocycles. The minimum atomic E-state index is 0.0292. The number of piperidine rings is 1. The summed E-state index contributed by atoms with van der Waals surface area (Å²) in [5, 5.41) is 3.67. The van der Waals surface area contributed by atoms with Crippen molar-refractivity contribution < 1.29 is 4.79 Å². The summed E-state index contributed by atoms with van der Waals surface area (Å²) < 4.78 is 1.09. The minimum absolute atomic E-state index is 0.0292. The molecule has 0 bridgehead atoms. The summed E-state index contributed by atoms with van der Waals surface area (Å²) in [4.78, 5) is 14.9. The highest BCUT2D eigenvalue weighted by atomic mass is 79.9. The molecule has 24 heavy (non-hydrogen) atoms. The predicted molar refractivity (Wildman–Crippen MR) is 102 cm³/mol. The fourth-order valence-corrected chi connectivity index (χ4v) is 3.66. The van der Waals surface area contributed by atoms with Gasteiger partial charge in [-0.1, -0.05) is 39.7 Å². The zero-order valence-electron chi connectivity index (χ0n) is 13.3. The van der Waals surface area contributed by atoms with E-state index >= 15 is 0 Å². The van der Waals surface area contributed by atoms with E-state index in [0.717, 1.165) is 42.6 Å². The first-order valence-electron chi connectivity index (χ1n) is 8.13. The van der Waals surface area contributed by atoms with Crippen molar-refractivity contribution in [2.24, 2.45) is 5.92 Å². The van der Waals surface area contributed by atoms with E-state index in [9.17, 15) is 4.79 Å². The van der Waals surface area contributed by atoms with Crippen LogP contribution in [0.2, 0.25) is 5.02 Å². The van der Waals surface area contributed by atoms with Crippen LogP contribution in [0.3, 0.4) is 0 Å². The summed E-state index contributed by atoms with van der Waals surface area (Å²) in [7, 11) is 0. The van der Waals surface area contributed by atoms with Crippen LogP contribution in [0.1, 0.15) is 18.4 Å². The lowest BCUT2D eigenvalue weighted by atomic mass is 9.96. The number of hydrogen-bond acceptors (Lipinski definition) is 2. The number of rotatable bonds is 4. The lowest BCUT2D eigenvalue weighted by molar-refractivity contribution is -0.121. The number of anilines is 1. The van der Waals surface area contributed by atoms with Crippen molar-refractivity contribution in [1.82, 2.24) is 4.90 Å². The number of hydrogen-bond donors (Lipinski definition) is 1. The Bertz CT molecular complexity index is 705. The van der Waals surface area contributed by atoms with Crippen LogP contribution in [-0.2, 0) is 11.3 Å². The molecule has 3 rings (SSSR count). The number of nitrogens with zero attached hydrogens (tertiary/aromatic N) is 1. The second kappa shape index (κ2) is 8.15. The van der Waals surface area contributed by atoms with Gasteiger partial charge >= 0.3 is 0 Å². The molecular weight excluding hydrogens is 388 g/mol. The molecular formula is C19H20BrClN2O. The minimum Gasteiger partial charge on any atom is -0.326 e. The molecule has 1 unspecified atom stereocenters. The van der Waals surface area contributed by atoms with Gasteiger partial charge in [0.15, 0.2) is 0 Å². The van der Waals surface area contributed by atoms with Gasteiger partial charge in [-0.15, -0.1) is 0 Å². The topological polar surface area (TPSA) is 32.3 Å². The average molecular weight is 408 g/mol. The molecule has 1 saturated heterocycles. The van der Waals surface area contributed by atoms with Gasteiger partial charge in [0.25, 0.3) is 0 Å². The molecule has 1 heterocycles. The lowest BCUT2D eigenvalue weighted by Crippen LogP contribution is -2.40. The molecule has 0 spiro atoms. The molecule has 0 aromatic heterocycles. The van der Waals surface area contributed by atoms with E-state index in [1.807, 2.05) is 24.3 Å². The Balaban J connectivity index is 1.58. The maximum absolute atomic E-state index is 12.5. The zero-order chi connectivity index (χ0) is 16.9. The SMILES string of the molecule is O=C(Nc1ccc(Cl)cc1)C1CCCN(Cc2cccc(Br)c2)C1. The van der Waals surface area contributed by atoms with Gasteiger partial charge in [0.05, 0.1) is 5.92 Å². The van der Waals surface area contributed by atoms with Gasteiger partial charge < -0.3 is 5.32 Å². The van der Waals surface area contributed by atoms with Crippen LogP contribution in [0.5, 0.6) is 0 Å². The van der Waals surface area contributed by atoms with E-state index in [1.165, 1.54) is 5.56 Å². The summed E-state index contributed by atoms with van der Waals surface area (Å²) in [5.74, 6) is 0.123. The quantitative estimate of drug-likeness (QED) is 0.777. The van der Waals surface area contributed by atoms with Crippen molar-refractivity contribution >= 4 is 39.1 Å². The molecule has 2 aromatic rings. The smallest absolute Gasteiger partial charge is 0.228 e. The van der Waals surface area contributed by atoms with Crippen molar-refractivity contribution in [2.75, 3.05) is 18.4 Å². The van der Waals surface area contributed by atoms with E-state index in [-0.39, 0.29) is 11.8 Å². The van der Waals surface area contributed by atoms with Gasteiger partial charge in [0.2, 0.25) is 5.91 Å². The summed E-state index contributed by atoms with van der Waals surface area (Å²) in [6.45, 7) is 2.72. The van der Waals surface area contributed by atoms with Crippen LogP contribution in [0.4, 0.5) is 5.69 Å². The van der Waals surface area contributed by atoms with Crippen molar-refractivity contribution in [3.8, 4) is 0 Å². The summed E-state index contributed by atoms with van der Waals surface area (Å²) >= 11 is 9.39. The molecule has 0 radical (unpaired) electrons. The fraction of sp³-hybridized carbons (Fsp3) is 0.316. The van der Waals surface area contributed by atoms with Crippen LogP contribution in [0, 0.1) is 5.92 Å². The van der Waals surface area contributed by atoms with E-state index in [1.54, 1.807) is 12.1 Å². The Morgan fingerprint density at radius 3 is 2.79 bits per heavy atom. The van der Waals surface area contributed by atoms with Crippen molar-refractivity contribution in [3.63, 3.8) is 0 Å². The standard InChI is InChI=1S/C19H20BrClN2O/c20-16-5-1-3-14(11-16)12-23-10-2-4-15(13-23)19(24)22-18-8-6-17(21)7-9-18/h1,3,5-9,11,15H,2,4,10,12-13H2,(H,22,24). The first-order chi connectivity index (χ1) is 11.6. The fourth-order valence-electron chi connectivity index (χ4n) is 3.08. The third-order valence-corrected chi connectivity index (χ3v) is 5.03. The second-order valence-corrected chi connectivity index (χ2v) is 7.55. The molecule has 1 fully saturated rings. The van der Waals surface area contributed by atoms with Crippen LogP contribution < -0.4 is 5.32 Å². The maximum atomic E-state index is 12.5. The molecule has 5 heteroatoms. The summed E-state index contributed by atoms with van der Waals surface area (Å²) in [6.07, 6.45) is 1.99. The lowest BCUT2D eigenvalue weighted by Gasteiger charge is -2.32. The molecule has 1 atom stereocenters. The highest BCUT2D eigenvalue weighted by Crippen LogP contribution is 2.22. The first kappa shape index (κ1) is 17.5. The van der Waals surface area contributed by atoms with E-state index in [2.05, 4.69) is 38.3 Å². The van der Waals surface area contributed by atoms with Crippen LogP contribution in [-0.4, -0.2) is 23.9 Å². The maximum Gasteiger partial charge on any atom is 0.228 e. The third-order valence-electron chi connectivity index (χ3n) is 4.28. The van der Waals surface area contributed by atoms with Gasteiger partial charge in [-0.3, -0.25) is 9.69 Å². The predicted octanol–water partition coefficient (Wildman–Crippen LogP) is 4.95. The Morgan fingerprint density at radius 1 is 1.25 bits per heavy atom. The number of likely N-dealkylation sites (tertiary alicyclic amines) is 1. The normalized spacial score (nSPS) is 18.3. The largest absolute Gasteiger partial charge is 0.326 e. The van der Waals surface area contributed by atoms with Gasteiger partial charge in [-0.25, -0.2) is 0 Å². The number of benzene rings is 2. The average Bonchev–Trinajstić information content (AvgIpc) is 2.57. The van der Waals surface area contributed by atoms with Crippen molar-refractivity contribution in [3.05, 3.63) is 63.6 Å². The number of nitrogens with one attached hydrogen (secondary N) is 1. The molecule has 1 aliphatic rings. The first-order valence-corrected chi connectivity index (χ1v) is 9.30. The molecule has 2 aromatic carbocycles. The van der Waals surface area contributed by atoms with Crippen molar-refractivity contribution in [2.45, 2.75) is 19.4 Å². The monoisotopic (exact) mass is 406 g/mol. The molecule has 1 aliphatic heterocycles. The zero-order valence-corrected chi connectivity index (χ0v) is 15.7. The van der Waals surface area contributed by atoms with Crippen LogP contribution in [0.25, 0.3) is 0 Å². The van der Waals surface area contributed by atoms with Gasteiger partial charge in [-0.05, 0) is 61.3 Å². The van der Waals surface area contributed by atoms with Gasteiger partial charge in [0, 0.05) is 28.3 Å². The molecule has 3 nitrogen and oxygen atoms in total. The third kappa shape index (κ3) is 4.82. The second-order valence-electron chi connectivity index (χ2n) is 6.20. The number of carbonyl (C=O) groups is 1. The van der Waals surface area contributed by atoms with Gasteiger partial charge in [-0.2, -0.15) is 0 Å². The van der Waals surface area contributed by atoms with Crippen LogP contribution in [0.15, 0.2) is 53.0 Å². The van der Waals surface area contributed by atoms with E-state index in [0.29, 0.717) is 5.02 Å². The number of amides is 1. The molecule has 1 amide bonds. The van der Waals surface area contributed by atoms with Crippen LogP contribution >= 0.6 is 27.5 Å². The van der Waals surface area contributed by atoms with E-state index in [4.69, 9.17) is 11.6 Å². The summed E-state index contributed by atoms with van der Waals surface area (Å²) in [6, 6.07) is 15.6. The number of halogens is 2. The van der Waals surface area contributed by atoms with Crippen molar-refractivity contribution in [1.29, 1.82) is 0 Å². The molecule has 0 aliphatic carbocycles. The Labute approximate surface area is 156 Å². The van der Waals surface area contributed by atoms with E-state index < -0.39 is 0 Å². The van der Waals surface area contributed by atoms with Gasteiger partial charge in [0.1, 0.15) is 0 Å².